The van der Waals surface area contributed by atoms with E-state index in [4.69, 9.17) is 18.0 Å². The number of rotatable bonds is 4. The van der Waals surface area contributed by atoms with Crippen molar-refractivity contribution in [3.8, 4) is 0 Å². The summed E-state index contributed by atoms with van der Waals surface area (Å²) < 4.78 is 0. The average molecular weight is 283 g/mol. The van der Waals surface area contributed by atoms with Gasteiger partial charge in [-0.3, -0.25) is 9.80 Å². The standard InChI is InChI=1S/C13H21N3S2/c1-13(2,12(14)17)16-7-5-15(6-8-16)10-11-4-3-9-18-11/h3-4,9H,5-8,10H2,1-2H3,(H2,14,17). The largest absolute Gasteiger partial charge is 0.392 e. The number of nitrogens with two attached hydrogens (primary N) is 1. The second-order valence-electron chi connectivity index (χ2n) is 5.27. The van der Waals surface area contributed by atoms with E-state index in [1.807, 2.05) is 11.3 Å². The molecule has 2 N–H and O–H groups in total. The lowest BCUT2D eigenvalue weighted by atomic mass is 10.0. The quantitative estimate of drug-likeness (QED) is 0.856. The van der Waals surface area contributed by atoms with Crippen molar-refractivity contribution >= 4 is 28.5 Å². The molecule has 0 atom stereocenters. The normalized spacial score (nSPS) is 19.0. The zero-order valence-electron chi connectivity index (χ0n) is 11.1. The minimum absolute atomic E-state index is 0.162. The van der Waals surface area contributed by atoms with Crippen molar-refractivity contribution in [2.24, 2.45) is 5.73 Å². The Hall–Kier alpha value is -0.490. The summed E-state index contributed by atoms with van der Waals surface area (Å²) in [4.78, 5) is 6.92. The molecule has 1 saturated heterocycles. The molecule has 0 spiro atoms. The fraction of sp³-hybridized carbons (Fsp3) is 0.615. The number of piperazine rings is 1. The molecule has 3 nitrogen and oxygen atoms in total. The molecule has 0 saturated carbocycles. The summed E-state index contributed by atoms with van der Waals surface area (Å²) in [5, 5.41) is 2.14. The summed E-state index contributed by atoms with van der Waals surface area (Å²) in [7, 11) is 0. The molecule has 18 heavy (non-hydrogen) atoms. The van der Waals surface area contributed by atoms with Crippen LogP contribution >= 0.6 is 23.6 Å². The monoisotopic (exact) mass is 283 g/mol. The summed E-state index contributed by atoms with van der Waals surface area (Å²) in [6.45, 7) is 9.55. The second kappa shape index (κ2) is 5.65. The molecule has 1 fully saturated rings. The van der Waals surface area contributed by atoms with Crippen LogP contribution in [0, 0.1) is 0 Å². The summed E-state index contributed by atoms with van der Waals surface area (Å²) >= 11 is 6.99. The van der Waals surface area contributed by atoms with Crippen LogP contribution in [0.4, 0.5) is 0 Å². The minimum atomic E-state index is -0.162. The van der Waals surface area contributed by atoms with Gasteiger partial charge in [-0.15, -0.1) is 11.3 Å². The molecule has 1 aliphatic rings. The first-order chi connectivity index (χ1) is 8.50. The summed E-state index contributed by atoms with van der Waals surface area (Å²) in [6, 6.07) is 4.32. The number of thiophene rings is 1. The fourth-order valence-corrected chi connectivity index (χ4v) is 3.12. The van der Waals surface area contributed by atoms with Gasteiger partial charge in [0.15, 0.2) is 0 Å². The highest BCUT2D eigenvalue weighted by atomic mass is 32.1. The van der Waals surface area contributed by atoms with Crippen molar-refractivity contribution in [1.82, 2.24) is 9.80 Å². The van der Waals surface area contributed by atoms with Crippen LogP contribution in [-0.2, 0) is 6.54 Å². The summed E-state index contributed by atoms with van der Waals surface area (Å²) in [5.74, 6) is 0. The van der Waals surface area contributed by atoms with Crippen molar-refractivity contribution in [1.29, 1.82) is 0 Å². The zero-order chi connectivity index (χ0) is 13.2. The summed E-state index contributed by atoms with van der Waals surface area (Å²) in [6.07, 6.45) is 0. The maximum atomic E-state index is 5.82. The van der Waals surface area contributed by atoms with Crippen LogP contribution in [0.15, 0.2) is 17.5 Å². The van der Waals surface area contributed by atoms with Crippen LogP contribution in [0.3, 0.4) is 0 Å². The third-order valence-electron chi connectivity index (χ3n) is 3.73. The molecule has 0 radical (unpaired) electrons. The predicted octanol–water partition coefficient (Wildman–Crippen LogP) is 1.93. The number of thiocarbonyl (C=S) groups is 1. The van der Waals surface area contributed by atoms with E-state index in [1.54, 1.807) is 0 Å². The topological polar surface area (TPSA) is 32.5 Å². The van der Waals surface area contributed by atoms with E-state index in [0.717, 1.165) is 32.7 Å². The van der Waals surface area contributed by atoms with Gasteiger partial charge < -0.3 is 5.73 Å². The Labute approximate surface area is 119 Å². The molecule has 2 heterocycles. The lowest BCUT2D eigenvalue weighted by Gasteiger charge is -2.43. The van der Waals surface area contributed by atoms with E-state index < -0.39 is 0 Å². The van der Waals surface area contributed by atoms with Crippen LogP contribution < -0.4 is 5.73 Å². The van der Waals surface area contributed by atoms with Crippen molar-refractivity contribution in [3.63, 3.8) is 0 Å². The maximum absolute atomic E-state index is 5.82. The van der Waals surface area contributed by atoms with Crippen LogP contribution in [0.1, 0.15) is 18.7 Å². The fourth-order valence-electron chi connectivity index (χ4n) is 2.24. The van der Waals surface area contributed by atoms with Crippen molar-refractivity contribution in [3.05, 3.63) is 22.4 Å². The molecule has 0 bridgehead atoms. The van der Waals surface area contributed by atoms with Gasteiger partial charge in [-0.2, -0.15) is 0 Å². The van der Waals surface area contributed by atoms with Crippen LogP contribution in [0.2, 0.25) is 0 Å². The molecule has 5 heteroatoms. The third-order valence-corrected chi connectivity index (χ3v) is 5.09. The molecule has 0 aromatic carbocycles. The van der Waals surface area contributed by atoms with Gasteiger partial charge in [0.2, 0.25) is 0 Å². The molecule has 2 rings (SSSR count). The summed E-state index contributed by atoms with van der Waals surface area (Å²) in [5.41, 5.74) is 5.66. The van der Waals surface area contributed by atoms with E-state index in [0.29, 0.717) is 4.99 Å². The first kappa shape index (κ1) is 13.9. The van der Waals surface area contributed by atoms with Gasteiger partial charge in [0.25, 0.3) is 0 Å². The molecule has 1 aliphatic heterocycles. The Kier molecular flexibility index (Phi) is 4.37. The van der Waals surface area contributed by atoms with Crippen molar-refractivity contribution < 1.29 is 0 Å². The molecular weight excluding hydrogens is 262 g/mol. The highest BCUT2D eigenvalue weighted by molar-refractivity contribution is 7.80. The van der Waals surface area contributed by atoms with Crippen molar-refractivity contribution in [2.45, 2.75) is 25.9 Å². The highest BCUT2D eigenvalue weighted by Gasteiger charge is 2.32. The van der Waals surface area contributed by atoms with Gasteiger partial charge in [-0.05, 0) is 25.3 Å². The Morgan fingerprint density at radius 1 is 1.39 bits per heavy atom. The van der Waals surface area contributed by atoms with Gasteiger partial charge in [-0.25, -0.2) is 0 Å². The predicted molar refractivity (Wildman–Crippen MR) is 82.0 cm³/mol. The molecule has 1 aromatic heterocycles. The van der Waals surface area contributed by atoms with Crippen molar-refractivity contribution in [2.75, 3.05) is 26.2 Å². The van der Waals surface area contributed by atoms with Crippen LogP contribution in [0.5, 0.6) is 0 Å². The Morgan fingerprint density at radius 2 is 2.06 bits per heavy atom. The molecular formula is C13H21N3S2. The first-order valence-corrected chi connectivity index (χ1v) is 7.58. The van der Waals surface area contributed by atoms with E-state index in [2.05, 4.69) is 41.2 Å². The van der Waals surface area contributed by atoms with Gasteiger partial charge in [0.05, 0.1) is 10.5 Å². The van der Waals surface area contributed by atoms with E-state index in [-0.39, 0.29) is 5.54 Å². The average Bonchev–Trinajstić information content (AvgIpc) is 2.82. The molecule has 1 aromatic rings. The Balaban J connectivity index is 1.86. The van der Waals surface area contributed by atoms with Crippen LogP contribution in [0.25, 0.3) is 0 Å². The van der Waals surface area contributed by atoms with Gasteiger partial charge >= 0.3 is 0 Å². The number of hydrogen-bond donors (Lipinski definition) is 1. The number of nitrogens with zero attached hydrogens (tertiary/aromatic N) is 2. The Morgan fingerprint density at radius 3 is 2.56 bits per heavy atom. The van der Waals surface area contributed by atoms with E-state index in [1.165, 1.54) is 4.88 Å². The Bertz CT molecular complexity index is 392. The van der Waals surface area contributed by atoms with Gasteiger partial charge in [0, 0.05) is 37.6 Å². The highest BCUT2D eigenvalue weighted by Crippen LogP contribution is 2.19. The SMILES string of the molecule is CC(C)(C(N)=S)N1CCN(Cc2cccs2)CC1. The van der Waals surface area contributed by atoms with E-state index >= 15 is 0 Å². The van der Waals surface area contributed by atoms with Crippen LogP contribution in [-0.4, -0.2) is 46.5 Å². The smallest absolute Gasteiger partial charge is 0.0928 e. The molecule has 100 valence electrons. The molecule has 0 aliphatic carbocycles. The lowest BCUT2D eigenvalue weighted by Crippen LogP contribution is -2.58. The van der Waals surface area contributed by atoms with E-state index in [9.17, 15) is 0 Å². The van der Waals surface area contributed by atoms with Gasteiger partial charge in [0.1, 0.15) is 0 Å². The minimum Gasteiger partial charge on any atom is -0.392 e. The number of hydrogen-bond acceptors (Lipinski definition) is 4. The lowest BCUT2D eigenvalue weighted by molar-refractivity contribution is 0.0827. The second-order valence-corrected chi connectivity index (χ2v) is 6.74. The molecule has 0 amide bonds. The third kappa shape index (κ3) is 3.09. The maximum Gasteiger partial charge on any atom is 0.0928 e. The zero-order valence-corrected chi connectivity index (χ0v) is 12.7. The first-order valence-electron chi connectivity index (χ1n) is 6.30. The molecule has 0 unspecified atom stereocenters. The van der Waals surface area contributed by atoms with Gasteiger partial charge in [-0.1, -0.05) is 18.3 Å².